The van der Waals surface area contributed by atoms with Gasteiger partial charge in [0.15, 0.2) is 0 Å². The van der Waals surface area contributed by atoms with E-state index >= 15 is 0 Å². The van der Waals surface area contributed by atoms with Crippen molar-refractivity contribution in [1.29, 1.82) is 0 Å². The van der Waals surface area contributed by atoms with Crippen LogP contribution < -0.4 is 0 Å². The molecule has 1 nitrogen and oxygen atoms in total. The van der Waals surface area contributed by atoms with Crippen molar-refractivity contribution in [2.75, 3.05) is 0 Å². The summed E-state index contributed by atoms with van der Waals surface area (Å²) in [5, 5.41) is 11.1. The first-order chi connectivity index (χ1) is 9.13. The molecule has 0 fully saturated rings. The highest BCUT2D eigenvalue weighted by atomic mass is 79.9. The van der Waals surface area contributed by atoms with Gasteiger partial charge < -0.3 is 5.11 Å². The van der Waals surface area contributed by atoms with E-state index in [1.165, 1.54) is 17.5 Å². The van der Waals surface area contributed by atoms with Gasteiger partial charge in [-0.25, -0.2) is 0 Å². The third-order valence-electron chi connectivity index (χ3n) is 3.64. The van der Waals surface area contributed by atoms with Crippen LogP contribution in [0.1, 0.15) is 34.8 Å². The van der Waals surface area contributed by atoms with Crippen LogP contribution in [0.25, 0.3) is 0 Å². The molecule has 1 unspecified atom stereocenters. The van der Waals surface area contributed by atoms with Crippen LogP contribution in [-0.4, -0.2) is 5.11 Å². The van der Waals surface area contributed by atoms with Gasteiger partial charge in [-0.05, 0) is 59.7 Å². The minimum Gasteiger partial charge on any atom is -0.384 e. The van der Waals surface area contributed by atoms with Crippen molar-refractivity contribution in [1.82, 2.24) is 0 Å². The highest BCUT2D eigenvalue weighted by Gasteiger charge is 2.16. The standard InChI is InChI=1S/C16H14BrClO/c17-14-7-13(8-15(18)9-14)16(19)12-5-4-10-2-1-3-11(10)6-12/h4-9,16,19H,1-3H2. The predicted octanol–water partition coefficient (Wildman–Crippen LogP) is 4.67. The average Bonchev–Trinajstić information content (AvgIpc) is 2.83. The number of aryl methyl sites for hydroxylation is 2. The molecule has 0 saturated carbocycles. The molecule has 1 N–H and O–H groups in total. The highest BCUT2D eigenvalue weighted by Crippen LogP contribution is 2.31. The van der Waals surface area contributed by atoms with Gasteiger partial charge in [-0.3, -0.25) is 0 Å². The van der Waals surface area contributed by atoms with Crippen LogP contribution >= 0.6 is 27.5 Å². The van der Waals surface area contributed by atoms with Crippen LogP contribution in [0.4, 0.5) is 0 Å². The fourth-order valence-corrected chi connectivity index (χ4v) is 3.57. The zero-order valence-corrected chi connectivity index (χ0v) is 12.7. The monoisotopic (exact) mass is 336 g/mol. The second-order valence-corrected chi connectivity index (χ2v) is 6.34. The molecule has 3 heteroatoms. The van der Waals surface area contributed by atoms with Crippen LogP contribution in [0.3, 0.4) is 0 Å². The highest BCUT2D eigenvalue weighted by molar-refractivity contribution is 9.10. The Balaban J connectivity index is 1.97. The molecule has 0 aromatic heterocycles. The van der Waals surface area contributed by atoms with Gasteiger partial charge in [0, 0.05) is 9.50 Å². The topological polar surface area (TPSA) is 20.2 Å². The Hall–Kier alpha value is -0.830. The van der Waals surface area contributed by atoms with Crippen molar-refractivity contribution in [3.8, 4) is 0 Å². The minimum atomic E-state index is -0.624. The molecule has 19 heavy (non-hydrogen) atoms. The van der Waals surface area contributed by atoms with Crippen molar-refractivity contribution in [3.05, 3.63) is 68.1 Å². The summed E-state index contributed by atoms with van der Waals surface area (Å²) >= 11 is 9.44. The Morgan fingerprint density at radius 2 is 1.79 bits per heavy atom. The summed E-state index contributed by atoms with van der Waals surface area (Å²) in [6, 6.07) is 11.8. The maximum Gasteiger partial charge on any atom is 0.104 e. The number of benzene rings is 2. The number of halogens is 2. The first-order valence-electron chi connectivity index (χ1n) is 6.39. The van der Waals surface area contributed by atoms with E-state index in [4.69, 9.17) is 11.6 Å². The van der Waals surface area contributed by atoms with E-state index in [1.54, 1.807) is 0 Å². The molecule has 0 aliphatic heterocycles. The van der Waals surface area contributed by atoms with Crippen LogP contribution in [0.5, 0.6) is 0 Å². The Bertz CT molecular complexity index is 604. The van der Waals surface area contributed by atoms with Gasteiger partial charge >= 0.3 is 0 Å². The van der Waals surface area contributed by atoms with Gasteiger partial charge in [0.1, 0.15) is 6.10 Å². The second-order valence-electron chi connectivity index (χ2n) is 4.99. The molecule has 1 aliphatic rings. The summed E-state index contributed by atoms with van der Waals surface area (Å²) in [7, 11) is 0. The summed E-state index contributed by atoms with van der Waals surface area (Å²) in [6.45, 7) is 0. The number of hydrogen-bond acceptors (Lipinski definition) is 1. The molecule has 0 radical (unpaired) electrons. The fourth-order valence-electron chi connectivity index (χ4n) is 2.69. The van der Waals surface area contributed by atoms with E-state index in [9.17, 15) is 5.11 Å². The van der Waals surface area contributed by atoms with Gasteiger partial charge in [0.25, 0.3) is 0 Å². The molecule has 0 bridgehead atoms. The van der Waals surface area contributed by atoms with Crippen molar-refractivity contribution < 1.29 is 5.11 Å². The Morgan fingerprint density at radius 1 is 1.00 bits per heavy atom. The lowest BCUT2D eigenvalue weighted by atomic mass is 9.98. The number of rotatable bonds is 2. The maximum atomic E-state index is 10.5. The second kappa shape index (κ2) is 5.28. The predicted molar refractivity (Wildman–Crippen MR) is 81.7 cm³/mol. The minimum absolute atomic E-state index is 0.624. The van der Waals surface area contributed by atoms with Crippen molar-refractivity contribution in [2.24, 2.45) is 0 Å². The van der Waals surface area contributed by atoms with Crippen molar-refractivity contribution in [3.63, 3.8) is 0 Å². The molecule has 2 aromatic rings. The van der Waals surface area contributed by atoms with Crippen LogP contribution in [0.2, 0.25) is 5.02 Å². The molecule has 98 valence electrons. The lowest BCUT2D eigenvalue weighted by Crippen LogP contribution is -2.01. The summed E-state index contributed by atoms with van der Waals surface area (Å²) in [5.74, 6) is 0. The lowest BCUT2D eigenvalue weighted by Gasteiger charge is -2.14. The largest absolute Gasteiger partial charge is 0.384 e. The average molecular weight is 338 g/mol. The summed E-state index contributed by atoms with van der Waals surface area (Å²) in [6.07, 6.45) is 2.88. The molecule has 1 atom stereocenters. The van der Waals surface area contributed by atoms with E-state index < -0.39 is 6.10 Å². The zero-order chi connectivity index (χ0) is 13.4. The summed E-state index contributed by atoms with van der Waals surface area (Å²) in [4.78, 5) is 0. The van der Waals surface area contributed by atoms with E-state index in [0.29, 0.717) is 5.02 Å². The van der Waals surface area contributed by atoms with Gasteiger partial charge in [0.05, 0.1) is 0 Å². The van der Waals surface area contributed by atoms with E-state index in [0.717, 1.165) is 28.4 Å². The molecular formula is C16H14BrClO. The molecule has 0 saturated heterocycles. The smallest absolute Gasteiger partial charge is 0.104 e. The van der Waals surface area contributed by atoms with Gasteiger partial charge in [-0.1, -0.05) is 45.7 Å². The molecule has 0 heterocycles. The summed E-state index contributed by atoms with van der Waals surface area (Å²) < 4.78 is 0.884. The number of hydrogen-bond donors (Lipinski definition) is 1. The lowest BCUT2D eigenvalue weighted by molar-refractivity contribution is 0.220. The molecule has 2 aromatic carbocycles. The SMILES string of the molecule is OC(c1cc(Cl)cc(Br)c1)c1ccc2c(c1)CCC2. The first kappa shape index (κ1) is 13.2. The van der Waals surface area contributed by atoms with Crippen LogP contribution in [0, 0.1) is 0 Å². The third kappa shape index (κ3) is 2.71. The normalized spacial score (nSPS) is 15.3. The molecule has 1 aliphatic carbocycles. The number of aliphatic hydroxyl groups is 1. The summed E-state index contributed by atoms with van der Waals surface area (Å²) in [5.41, 5.74) is 4.55. The molecular weight excluding hydrogens is 324 g/mol. The first-order valence-corrected chi connectivity index (χ1v) is 7.56. The van der Waals surface area contributed by atoms with Crippen LogP contribution in [0.15, 0.2) is 40.9 Å². The van der Waals surface area contributed by atoms with Crippen molar-refractivity contribution >= 4 is 27.5 Å². The Labute approximate surface area is 126 Å². The van der Waals surface area contributed by atoms with E-state index in [1.807, 2.05) is 24.3 Å². The Kier molecular flexibility index (Phi) is 3.66. The number of fused-ring (bicyclic) bond motifs is 1. The number of aliphatic hydroxyl groups excluding tert-OH is 1. The van der Waals surface area contributed by atoms with E-state index in [2.05, 4.69) is 28.1 Å². The third-order valence-corrected chi connectivity index (χ3v) is 4.31. The zero-order valence-electron chi connectivity index (χ0n) is 10.4. The van der Waals surface area contributed by atoms with Crippen molar-refractivity contribution in [2.45, 2.75) is 25.4 Å². The van der Waals surface area contributed by atoms with Crippen LogP contribution in [-0.2, 0) is 12.8 Å². The van der Waals surface area contributed by atoms with Gasteiger partial charge in [0.2, 0.25) is 0 Å². The van der Waals surface area contributed by atoms with Gasteiger partial charge in [-0.15, -0.1) is 0 Å². The molecule has 0 amide bonds. The van der Waals surface area contributed by atoms with E-state index in [-0.39, 0.29) is 0 Å². The molecule has 0 spiro atoms. The Morgan fingerprint density at radius 3 is 2.58 bits per heavy atom. The quantitative estimate of drug-likeness (QED) is 0.844. The van der Waals surface area contributed by atoms with Gasteiger partial charge in [-0.2, -0.15) is 0 Å². The molecule has 3 rings (SSSR count). The fraction of sp³-hybridized carbons (Fsp3) is 0.250. The maximum absolute atomic E-state index is 10.5.